The molecule has 4 heteroatoms. The van der Waals surface area contributed by atoms with Crippen LogP contribution in [-0.2, 0) is 6.54 Å². The number of benzene rings is 1. The van der Waals surface area contributed by atoms with Crippen molar-refractivity contribution >= 4 is 0 Å². The van der Waals surface area contributed by atoms with Gasteiger partial charge in [0, 0.05) is 12.6 Å². The number of methoxy groups -OCH3 is 1. The van der Waals surface area contributed by atoms with E-state index in [9.17, 15) is 5.11 Å². The van der Waals surface area contributed by atoms with Crippen LogP contribution in [0.5, 0.6) is 11.5 Å². The molecule has 0 saturated carbocycles. The monoisotopic (exact) mass is 305 g/mol. The van der Waals surface area contributed by atoms with Gasteiger partial charge in [-0.05, 0) is 50.4 Å². The number of hydrogen-bond donors (Lipinski definition) is 1. The number of aliphatic hydroxyl groups is 1. The molecule has 0 radical (unpaired) electrons. The second-order valence-corrected chi connectivity index (χ2v) is 5.94. The van der Waals surface area contributed by atoms with Crippen molar-refractivity contribution in [2.45, 2.75) is 44.9 Å². The highest BCUT2D eigenvalue weighted by atomic mass is 16.5. The van der Waals surface area contributed by atoms with Gasteiger partial charge in [-0.3, -0.25) is 4.90 Å². The van der Waals surface area contributed by atoms with Gasteiger partial charge in [-0.1, -0.05) is 18.7 Å². The smallest absolute Gasteiger partial charge is 0.161 e. The summed E-state index contributed by atoms with van der Waals surface area (Å²) >= 11 is 0. The fraction of sp³-hybridized carbons (Fsp3) is 0.556. The average Bonchev–Trinajstić information content (AvgIpc) is 2.92. The quantitative estimate of drug-likeness (QED) is 0.750. The Bertz CT molecular complexity index is 487. The zero-order valence-corrected chi connectivity index (χ0v) is 13.6. The van der Waals surface area contributed by atoms with Crippen molar-refractivity contribution in [2.24, 2.45) is 0 Å². The molecule has 2 unspecified atom stereocenters. The summed E-state index contributed by atoms with van der Waals surface area (Å²) in [4.78, 5) is 2.45. The number of ether oxygens (including phenoxy) is 2. The maximum atomic E-state index is 9.63. The first-order valence-electron chi connectivity index (χ1n) is 7.96. The minimum atomic E-state index is -0.241. The Labute approximate surface area is 133 Å². The molecule has 0 aromatic heterocycles. The third-order valence-electron chi connectivity index (χ3n) is 4.08. The highest BCUT2D eigenvalue weighted by molar-refractivity contribution is 5.43. The van der Waals surface area contributed by atoms with Crippen LogP contribution >= 0.6 is 0 Å². The minimum Gasteiger partial charge on any atom is -0.493 e. The molecule has 122 valence electrons. The Hall–Kier alpha value is -1.52. The molecule has 2 atom stereocenters. The maximum Gasteiger partial charge on any atom is 0.161 e. The highest BCUT2D eigenvalue weighted by Crippen LogP contribution is 2.30. The molecular formula is C18H27NO3. The molecule has 22 heavy (non-hydrogen) atoms. The molecule has 0 aliphatic carbocycles. The largest absolute Gasteiger partial charge is 0.493 e. The topological polar surface area (TPSA) is 41.9 Å². The summed E-state index contributed by atoms with van der Waals surface area (Å²) in [5.74, 6) is 1.50. The first-order valence-corrected chi connectivity index (χ1v) is 7.96. The zero-order chi connectivity index (χ0) is 15.9. The molecule has 1 aromatic rings. The number of rotatable bonds is 8. The second kappa shape index (κ2) is 8.20. The van der Waals surface area contributed by atoms with Crippen LogP contribution in [-0.4, -0.2) is 42.4 Å². The standard InChI is InChI=1S/C18H27NO3/c1-4-10-22-17-8-7-15(12-18(17)21-3)13-19-9-5-6-16(19)11-14(2)20/h4,7-8,12,14,16,20H,1,5-6,9-11,13H2,2-3H3. The van der Waals surface area contributed by atoms with Crippen LogP contribution in [0.15, 0.2) is 30.9 Å². The molecule has 1 aliphatic rings. The lowest BCUT2D eigenvalue weighted by Gasteiger charge is -2.25. The van der Waals surface area contributed by atoms with E-state index in [1.807, 2.05) is 19.1 Å². The maximum absolute atomic E-state index is 9.63. The van der Waals surface area contributed by atoms with Gasteiger partial charge < -0.3 is 14.6 Å². The molecule has 0 amide bonds. The Balaban J connectivity index is 2.04. The Morgan fingerprint density at radius 1 is 1.45 bits per heavy atom. The molecule has 4 nitrogen and oxygen atoms in total. The van der Waals surface area contributed by atoms with E-state index in [4.69, 9.17) is 9.47 Å². The zero-order valence-electron chi connectivity index (χ0n) is 13.6. The van der Waals surface area contributed by atoms with Crippen molar-refractivity contribution < 1.29 is 14.6 Å². The van der Waals surface area contributed by atoms with Crippen molar-refractivity contribution in [1.29, 1.82) is 0 Å². The van der Waals surface area contributed by atoms with Crippen molar-refractivity contribution in [3.05, 3.63) is 36.4 Å². The number of likely N-dealkylation sites (tertiary alicyclic amines) is 1. The van der Waals surface area contributed by atoms with Gasteiger partial charge in [-0.2, -0.15) is 0 Å². The van der Waals surface area contributed by atoms with Gasteiger partial charge in [-0.25, -0.2) is 0 Å². The van der Waals surface area contributed by atoms with E-state index in [0.29, 0.717) is 12.6 Å². The van der Waals surface area contributed by atoms with Gasteiger partial charge in [0.05, 0.1) is 13.2 Å². The van der Waals surface area contributed by atoms with E-state index in [0.717, 1.165) is 31.0 Å². The van der Waals surface area contributed by atoms with E-state index in [1.165, 1.54) is 18.4 Å². The van der Waals surface area contributed by atoms with Crippen LogP contribution in [0.3, 0.4) is 0 Å². The molecule has 1 aliphatic heterocycles. The van der Waals surface area contributed by atoms with Crippen molar-refractivity contribution in [3.63, 3.8) is 0 Å². The van der Waals surface area contributed by atoms with Gasteiger partial charge in [-0.15, -0.1) is 0 Å². The van der Waals surface area contributed by atoms with Crippen molar-refractivity contribution in [1.82, 2.24) is 4.90 Å². The number of aliphatic hydroxyl groups excluding tert-OH is 1. The van der Waals surface area contributed by atoms with Crippen LogP contribution < -0.4 is 9.47 Å². The van der Waals surface area contributed by atoms with Gasteiger partial charge in [0.15, 0.2) is 11.5 Å². The number of hydrogen-bond acceptors (Lipinski definition) is 4. The molecule has 1 heterocycles. The average molecular weight is 305 g/mol. The Morgan fingerprint density at radius 3 is 2.95 bits per heavy atom. The lowest BCUT2D eigenvalue weighted by Crippen LogP contribution is -2.31. The lowest BCUT2D eigenvalue weighted by atomic mass is 10.1. The summed E-state index contributed by atoms with van der Waals surface area (Å²) in [6.45, 7) is 7.97. The fourth-order valence-electron chi connectivity index (χ4n) is 3.08. The summed E-state index contributed by atoms with van der Waals surface area (Å²) in [6.07, 6.45) is 4.70. The van der Waals surface area contributed by atoms with E-state index in [1.54, 1.807) is 13.2 Å². The number of nitrogens with zero attached hydrogens (tertiary/aromatic N) is 1. The third-order valence-corrected chi connectivity index (χ3v) is 4.08. The minimum absolute atomic E-state index is 0.241. The molecular weight excluding hydrogens is 278 g/mol. The summed E-state index contributed by atoms with van der Waals surface area (Å²) in [7, 11) is 1.66. The van der Waals surface area contributed by atoms with Crippen LogP contribution in [0, 0.1) is 0 Å². The molecule has 2 rings (SSSR count). The second-order valence-electron chi connectivity index (χ2n) is 5.94. The normalized spacial score (nSPS) is 19.9. The summed E-state index contributed by atoms with van der Waals surface area (Å²) in [5.41, 5.74) is 1.21. The van der Waals surface area contributed by atoms with Crippen LogP contribution in [0.2, 0.25) is 0 Å². The molecule has 0 bridgehead atoms. The van der Waals surface area contributed by atoms with E-state index < -0.39 is 0 Å². The van der Waals surface area contributed by atoms with Crippen LogP contribution in [0.1, 0.15) is 31.7 Å². The summed E-state index contributed by atoms with van der Waals surface area (Å²) in [6, 6.07) is 6.55. The highest BCUT2D eigenvalue weighted by Gasteiger charge is 2.25. The van der Waals surface area contributed by atoms with Gasteiger partial charge in [0.2, 0.25) is 0 Å². The Kier molecular flexibility index (Phi) is 6.28. The van der Waals surface area contributed by atoms with Gasteiger partial charge in [0.1, 0.15) is 6.61 Å². The van der Waals surface area contributed by atoms with E-state index >= 15 is 0 Å². The van der Waals surface area contributed by atoms with Crippen molar-refractivity contribution in [2.75, 3.05) is 20.3 Å². The summed E-state index contributed by atoms with van der Waals surface area (Å²) in [5, 5.41) is 9.63. The van der Waals surface area contributed by atoms with Crippen LogP contribution in [0.25, 0.3) is 0 Å². The van der Waals surface area contributed by atoms with Crippen molar-refractivity contribution in [3.8, 4) is 11.5 Å². The lowest BCUT2D eigenvalue weighted by molar-refractivity contribution is 0.130. The summed E-state index contributed by atoms with van der Waals surface area (Å²) < 4.78 is 11.0. The molecule has 1 aromatic carbocycles. The Morgan fingerprint density at radius 2 is 2.27 bits per heavy atom. The first-order chi connectivity index (χ1) is 10.6. The molecule has 1 N–H and O–H groups in total. The van der Waals surface area contributed by atoms with Gasteiger partial charge >= 0.3 is 0 Å². The van der Waals surface area contributed by atoms with E-state index in [2.05, 4.69) is 17.5 Å². The molecule has 1 fully saturated rings. The first kappa shape index (κ1) is 16.8. The third kappa shape index (κ3) is 4.49. The predicted octanol–water partition coefficient (Wildman–Crippen LogP) is 3.00. The molecule has 1 saturated heterocycles. The molecule has 0 spiro atoms. The predicted molar refractivity (Wildman–Crippen MR) is 88.4 cm³/mol. The van der Waals surface area contributed by atoms with Gasteiger partial charge in [0.25, 0.3) is 0 Å². The van der Waals surface area contributed by atoms with E-state index in [-0.39, 0.29) is 6.10 Å². The van der Waals surface area contributed by atoms with Crippen LogP contribution in [0.4, 0.5) is 0 Å². The fourth-order valence-corrected chi connectivity index (χ4v) is 3.08. The SMILES string of the molecule is C=CCOc1ccc(CN2CCCC2CC(C)O)cc1OC.